The normalized spacial score (nSPS) is 9.94. The van der Waals surface area contributed by atoms with Crippen LogP contribution in [-0.2, 0) is 20.9 Å². The van der Waals surface area contributed by atoms with Crippen molar-refractivity contribution in [3.05, 3.63) is 34.9 Å². The van der Waals surface area contributed by atoms with E-state index in [-0.39, 0.29) is 24.7 Å². The summed E-state index contributed by atoms with van der Waals surface area (Å²) >= 11 is 5.78. The van der Waals surface area contributed by atoms with Crippen LogP contribution < -0.4 is 0 Å². The fourth-order valence-corrected chi connectivity index (χ4v) is 1.58. The second-order valence-electron chi connectivity index (χ2n) is 3.95. The smallest absolute Gasteiger partial charge is 0.306 e. The minimum absolute atomic E-state index is 0.0876. The highest BCUT2D eigenvalue weighted by Gasteiger charge is 2.11. The molecule has 0 atom stereocenters. The van der Waals surface area contributed by atoms with E-state index in [0.717, 1.165) is 5.56 Å². The predicted molar refractivity (Wildman–Crippen MR) is 69.2 cm³/mol. The number of ether oxygens (including phenoxy) is 1. The number of carbonyl (C=O) groups is 2. The number of carbonyl (C=O) groups excluding carboxylic acids is 2. The SMILES string of the molecule is COC(=O)CCC(=O)N(C)Cc1ccc(Cl)cc1. The molecule has 1 amide bonds. The van der Waals surface area contributed by atoms with E-state index < -0.39 is 0 Å². The number of benzene rings is 1. The van der Waals surface area contributed by atoms with E-state index in [2.05, 4.69) is 4.74 Å². The zero-order chi connectivity index (χ0) is 13.5. The maximum Gasteiger partial charge on any atom is 0.306 e. The summed E-state index contributed by atoms with van der Waals surface area (Å²) < 4.78 is 4.49. The van der Waals surface area contributed by atoms with Crippen LogP contribution in [-0.4, -0.2) is 30.9 Å². The number of amides is 1. The van der Waals surface area contributed by atoms with Gasteiger partial charge in [-0.1, -0.05) is 23.7 Å². The third-order valence-corrected chi connectivity index (χ3v) is 2.78. The topological polar surface area (TPSA) is 46.6 Å². The van der Waals surface area contributed by atoms with Gasteiger partial charge in [0.15, 0.2) is 0 Å². The molecule has 0 saturated heterocycles. The molecule has 0 spiro atoms. The molecule has 4 nitrogen and oxygen atoms in total. The Bertz CT molecular complexity index is 417. The number of hydrogen-bond donors (Lipinski definition) is 0. The minimum atomic E-state index is -0.372. The van der Waals surface area contributed by atoms with Crippen LogP contribution in [0.1, 0.15) is 18.4 Å². The van der Waals surface area contributed by atoms with Crippen molar-refractivity contribution in [2.45, 2.75) is 19.4 Å². The zero-order valence-electron chi connectivity index (χ0n) is 10.5. The van der Waals surface area contributed by atoms with Gasteiger partial charge in [-0.15, -0.1) is 0 Å². The van der Waals surface area contributed by atoms with Gasteiger partial charge in [0.25, 0.3) is 0 Å². The summed E-state index contributed by atoms with van der Waals surface area (Å²) in [5.41, 5.74) is 0.994. The average molecular weight is 270 g/mol. The van der Waals surface area contributed by atoms with E-state index in [1.54, 1.807) is 24.1 Å². The van der Waals surface area contributed by atoms with Crippen LogP contribution >= 0.6 is 11.6 Å². The number of nitrogens with zero attached hydrogens (tertiary/aromatic N) is 1. The molecule has 0 radical (unpaired) electrons. The molecular weight excluding hydrogens is 254 g/mol. The Balaban J connectivity index is 2.44. The molecule has 1 rings (SSSR count). The monoisotopic (exact) mass is 269 g/mol. The lowest BCUT2D eigenvalue weighted by atomic mass is 10.2. The molecule has 0 aliphatic heterocycles. The van der Waals surface area contributed by atoms with Crippen molar-refractivity contribution in [3.8, 4) is 0 Å². The van der Waals surface area contributed by atoms with Gasteiger partial charge in [0.05, 0.1) is 13.5 Å². The molecule has 5 heteroatoms. The van der Waals surface area contributed by atoms with Crippen LogP contribution in [0.5, 0.6) is 0 Å². The van der Waals surface area contributed by atoms with Gasteiger partial charge in [0, 0.05) is 25.0 Å². The number of methoxy groups -OCH3 is 1. The predicted octanol–water partition coefficient (Wildman–Crippen LogP) is 2.25. The molecule has 0 aliphatic rings. The van der Waals surface area contributed by atoms with Gasteiger partial charge in [-0.2, -0.15) is 0 Å². The van der Waals surface area contributed by atoms with Crippen LogP contribution in [0.2, 0.25) is 5.02 Å². The molecule has 0 saturated carbocycles. The number of esters is 1. The van der Waals surface area contributed by atoms with Crippen molar-refractivity contribution in [2.24, 2.45) is 0 Å². The third-order valence-electron chi connectivity index (χ3n) is 2.53. The quantitative estimate of drug-likeness (QED) is 0.770. The average Bonchev–Trinajstić information content (AvgIpc) is 2.38. The van der Waals surface area contributed by atoms with Gasteiger partial charge in [-0.05, 0) is 17.7 Å². The van der Waals surface area contributed by atoms with Gasteiger partial charge >= 0.3 is 5.97 Å². The molecule has 0 fully saturated rings. The number of hydrogen-bond acceptors (Lipinski definition) is 3. The Hall–Kier alpha value is -1.55. The molecule has 0 unspecified atom stereocenters. The van der Waals surface area contributed by atoms with Gasteiger partial charge in [0.1, 0.15) is 0 Å². The fraction of sp³-hybridized carbons (Fsp3) is 0.385. The highest BCUT2D eigenvalue weighted by molar-refractivity contribution is 6.30. The Kier molecular flexibility index (Phi) is 5.65. The maximum atomic E-state index is 11.7. The highest BCUT2D eigenvalue weighted by Crippen LogP contribution is 2.11. The van der Waals surface area contributed by atoms with E-state index in [9.17, 15) is 9.59 Å². The molecular formula is C13H16ClNO3. The van der Waals surface area contributed by atoms with Crippen molar-refractivity contribution >= 4 is 23.5 Å². The van der Waals surface area contributed by atoms with Crippen LogP contribution in [0, 0.1) is 0 Å². The van der Waals surface area contributed by atoms with Gasteiger partial charge < -0.3 is 9.64 Å². The minimum Gasteiger partial charge on any atom is -0.469 e. The molecule has 0 aliphatic carbocycles. The first-order valence-electron chi connectivity index (χ1n) is 5.58. The van der Waals surface area contributed by atoms with E-state index in [4.69, 9.17) is 11.6 Å². The third kappa shape index (κ3) is 4.75. The summed E-state index contributed by atoms with van der Waals surface area (Å²) in [6.45, 7) is 0.497. The first-order chi connectivity index (χ1) is 8.52. The fourth-order valence-electron chi connectivity index (χ4n) is 1.45. The molecule has 0 heterocycles. The molecule has 1 aromatic rings. The van der Waals surface area contributed by atoms with Crippen LogP contribution in [0.15, 0.2) is 24.3 Å². The van der Waals surface area contributed by atoms with Gasteiger partial charge in [-0.25, -0.2) is 0 Å². The Morgan fingerprint density at radius 1 is 1.22 bits per heavy atom. The van der Waals surface area contributed by atoms with Crippen LogP contribution in [0.4, 0.5) is 0 Å². The van der Waals surface area contributed by atoms with E-state index in [0.29, 0.717) is 11.6 Å². The Morgan fingerprint density at radius 2 is 1.83 bits per heavy atom. The number of halogens is 1. The summed E-state index contributed by atoms with van der Waals surface area (Å²) in [7, 11) is 3.01. The van der Waals surface area contributed by atoms with E-state index in [1.165, 1.54) is 7.11 Å². The van der Waals surface area contributed by atoms with Crippen molar-refractivity contribution in [3.63, 3.8) is 0 Å². The standard InChI is InChI=1S/C13H16ClNO3/c1-15(12(16)7-8-13(17)18-2)9-10-3-5-11(14)6-4-10/h3-6H,7-9H2,1-2H3. The molecule has 0 bridgehead atoms. The second-order valence-corrected chi connectivity index (χ2v) is 4.39. The van der Waals surface area contributed by atoms with E-state index >= 15 is 0 Å². The highest BCUT2D eigenvalue weighted by atomic mass is 35.5. The van der Waals surface area contributed by atoms with Crippen LogP contribution in [0.3, 0.4) is 0 Å². The summed E-state index contributed by atoms with van der Waals surface area (Å²) in [5.74, 6) is -0.460. The van der Waals surface area contributed by atoms with Crippen molar-refractivity contribution < 1.29 is 14.3 Å². The first kappa shape index (κ1) is 14.5. The lowest BCUT2D eigenvalue weighted by molar-refractivity contribution is -0.143. The Morgan fingerprint density at radius 3 is 2.39 bits per heavy atom. The molecule has 0 aromatic heterocycles. The van der Waals surface area contributed by atoms with Crippen LogP contribution in [0.25, 0.3) is 0 Å². The molecule has 1 aromatic carbocycles. The summed E-state index contributed by atoms with van der Waals surface area (Å²) in [4.78, 5) is 24.2. The molecule has 18 heavy (non-hydrogen) atoms. The van der Waals surface area contributed by atoms with E-state index in [1.807, 2.05) is 12.1 Å². The summed E-state index contributed by atoms with van der Waals surface area (Å²) in [5, 5.41) is 0.665. The lowest BCUT2D eigenvalue weighted by Crippen LogP contribution is -2.26. The summed E-state index contributed by atoms with van der Waals surface area (Å²) in [6, 6.07) is 7.30. The maximum absolute atomic E-state index is 11.7. The van der Waals surface area contributed by atoms with Gasteiger partial charge in [-0.3, -0.25) is 9.59 Å². The van der Waals surface area contributed by atoms with Gasteiger partial charge in [0.2, 0.25) is 5.91 Å². The molecule has 98 valence electrons. The van der Waals surface area contributed by atoms with Crippen molar-refractivity contribution in [1.29, 1.82) is 0 Å². The lowest BCUT2D eigenvalue weighted by Gasteiger charge is -2.17. The summed E-state index contributed by atoms with van der Waals surface area (Å²) in [6.07, 6.45) is 0.275. The number of rotatable bonds is 5. The molecule has 0 N–H and O–H groups in total. The first-order valence-corrected chi connectivity index (χ1v) is 5.96. The second kappa shape index (κ2) is 7.01. The Labute approximate surface area is 111 Å². The zero-order valence-corrected chi connectivity index (χ0v) is 11.2. The van der Waals surface area contributed by atoms with Crippen molar-refractivity contribution in [1.82, 2.24) is 4.90 Å². The van der Waals surface area contributed by atoms with Crippen molar-refractivity contribution in [2.75, 3.05) is 14.2 Å². The largest absolute Gasteiger partial charge is 0.469 e.